The van der Waals surface area contributed by atoms with Gasteiger partial charge in [0, 0.05) is 76.0 Å². The van der Waals surface area contributed by atoms with Crippen molar-refractivity contribution in [3.05, 3.63) is 264 Å². The molecule has 113 heavy (non-hydrogen) atoms. The van der Waals surface area contributed by atoms with E-state index in [0.29, 0.717) is 31.2 Å². The lowest BCUT2D eigenvalue weighted by atomic mass is 10.0. The number of hydrazine groups is 2. The first kappa shape index (κ1) is 91.4. The standard InChI is InChI=1S/2C24H32N2O4S.C21H24N2O4S.C17H24N2O2.CH3I/c2*1-16(2)26-19(6)23(15-20-9-11-21(12-10-20)29-17(3)4)24(25-26)30-31(27,28)22-13-7-18(5)8-14-22;1-14(2)26-18-9-7-17(8-10-18)13-20-16(4)22-23-21(20)27-28(24,25)19-11-5-15(3)6-12-19;1-11(2)19-13(5)16(17(20)18-19)10-14-6-8-15(9-7-14)21-12(3)4;1-2/h2*7-14,16-17,24-25H,15H2,1-6H3;5-12,14H,13H2,1-4H3,(H,22,23);6-9,11-12H,10H2,1-5H3,(H,18,20);1H3. The highest BCUT2D eigenvalue weighted by molar-refractivity contribution is 14.1. The van der Waals surface area contributed by atoms with Gasteiger partial charge in [-0.05, 0) is 270 Å². The molecule has 11 rings (SSSR count). The quantitative estimate of drug-likeness (QED) is 0.0202. The fourth-order valence-corrected chi connectivity index (χ4v) is 15.2. The predicted octanol–water partition coefficient (Wildman–Crippen LogP) is 17.8. The first-order valence-corrected chi connectivity index (χ1v) is 44.4. The maximum absolute atomic E-state index is 12.9. The fourth-order valence-electron chi connectivity index (χ4n) is 12.3. The predicted molar refractivity (Wildman–Crippen MR) is 456 cm³/mol. The molecule has 0 saturated heterocycles. The maximum Gasteiger partial charge on any atom is 0.340 e. The largest absolute Gasteiger partial charge is 0.491 e. The SMILES string of the molecule is CC1=C(Cc2ccc(OC(C)C)cc2)C(OS(=O)(=O)c2ccc(C)cc2)NN1C(C)C.CC1=C(Cc2ccc(OC(C)C)cc2)C(OS(=O)(=O)c2ccc(C)cc2)NN1C(C)C.CI.Cc1c(Cc2ccc(OC(C)C)cc2)c(=O)[nH]n1C(C)C.Cc1ccc(S(=O)(=O)Oc2n[nH]c(C)c2Cc2ccc(OC(C)C)cc2)cc1. The van der Waals surface area contributed by atoms with E-state index in [1.165, 1.54) is 12.1 Å². The Morgan fingerprint density at radius 2 is 0.681 bits per heavy atom. The molecule has 0 fully saturated rings. The van der Waals surface area contributed by atoms with E-state index in [0.717, 1.165) is 101 Å². The number of allylic oxidation sites excluding steroid dienone is 2. The van der Waals surface area contributed by atoms with Gasteiger partial charge < -0.3 is 33.1 Å². The molecule has 0 radical (unpaired) electrons. The molecule has 0 aliphatic carbocycles. The highest BCUT2D eigenvalue weighted by Crippen LogP contribution is 2.34. The second kappa shape index (κ2) is 41.5. The van der Waals surface area contributed by atoms with Gasteiger partial charge in [0.05, 0.1) is 34.2 Å². The summed E-state index contributed by atoms with van der Waals surface area (Å²) in [5.74, 6) is 3.35. The Morgan fingerprint density at radius 3 is 0.965 bits per heavy atom. The van der Waals surface area contributed by atoms with Crippen LogP contribution in [0.5, 0.6) is 28.9 Å². The van der Waals surface area contributed by atoms with E-state index in [1.54, 1.807) is 60.7 Å². The van der Waals surface area contributed by atoms with E-state index in [2.05, 4.69) is 62.6 Å². The normalized spacial score (nSPS) is 14.5. The number of halogens is 1. The topological polar surface area (TPSA) is 264 Å². The number of aromatic amines is 2. The summed E-state index contributed by atoms with van der Waals surface area (Å²) >= 11 is 2.15. The van der Waals surface area contributed by atoms with Gasteiger partial charge in [-0.15, -0.1) is 5.10 Å². The summed E-state index contributed by atoms with van der Waals surface area (Å²) in [6.45, 7) is 41.7. The average molecular weight is 1720 g/mol. The second-order valence-corrected chi connectivity index (χ2v) is 34.5. The van der Waals surface area contributed by atoms with Crippen LogP contribution in [-0.4, -0.2) is 109 Å². The minimum Gasteiger partial charge on any atom is -0.491 e. The van der Waals surface area contributed by atoms with Crippen LogP contribution >= 0.6 is 22.6 Å². The van der Waals surface area contributed by atoms with Gasteiger partial charge in [-0.3, -0.25) is 19.7 Å². The van der Waals surface area contributed by atoms with Gasteiger partial charge in [-0.25, -0.2) is 19.2 Å². The lowest BCUT2D eigenvalue weighted by molar-refractivity contribution is 0.113. The molecule has 0 spiro atoms. The van der Waals surface area contributed by atoms with E-state index < -0.39 is 42.8 Å². The van der Waals surface area contributed by atoms with Crippen LogP contribution in [0.15, 0.2) is 212 Å². The molecule has 2 aromatic heterocycles. The Balaban J connectivity index is 0.000000209. The number of alkyl halides is 1. The Bertz CT molecular complexity index is 4830. The molecule has 0 saturated carbocycles. The van der Waals surface area contributed by atoms with Crippen molar-refractivity contribution in [2.45, 2.75) is 241 Å². The number of aryl methyl sites for hydroxylation is 4. The molecule has 4 N–H and O–H groups in total. The Morgan fingerprint density at radius 1 is 0.389 bits per heavy atom. The van der Waals surface area contributed by atoms with E-state index in [1.807, 2.05) is 248 Å². The van der Waals surface area contributed by atoms with Crippen molar-refractivity contribution >= 4 is 52.9 Å². The van der Waals surface area contributed by atoms with Crippen LogP contribution in [0, 0.1) is 34.6 Å². The van der Waals surface area contributed by atoms with E-state index in [4.69, 9.17) is 31.5 Å². The number of ether oxygens (including phenoxy) is 4. The summed E-state index contributed by atoms with van der Waals surface area (Å²) < 4.78 is 118. The molecule has 7 aromatic carbocycles. The van der Waals surface area contributed by atoms with E-state index in [9.17, 15) is 30.0 Å². The third kappa shape index (κ3) is 26.7. The molecule has 4 heterocycles. The number of nitrogens with zero attached hydrogens (tertiary/aromatic N) is 4. The third-order valence-corrected chi connectivity index (χ3v) is 21.8. The summed E-state index contributed by atoms with van der Waals surface area (Å²) in [7, 11) is -11.8. The highest BCUT2D eigenvalue weighted by Gasteiger charge is 2.37. The molecule has 9 aromatic rings. The number of nitrogens with one attached hydrogen (secondary N) is 4. The van der Waals surface area contributed by atoms with E-state index >= 15 is 0 Å². The average Bonchev–Trinajstić information content (AvgIpc) is 1.66. The molecule has 612 valence electrons. The van der Waals surface area contributed by atoms with Crippen molar-refractivity contribution < 1.29 is 56.8 Å². The zero-order valence-corrected chi connectivity index (χ0v) is 73.9. The monoisotopic (exact) mass is 1720 g/mol. The van der Waals surface area contributed by atoms with Crippen molar-refractivity contribution in [1.29, 1.82) is 0 Å². The number of rotatable bonds is 28. The molecule has 2 unspecified atom stereocenters. The molecule has 22 nitrogen and oxygen atoms in total. The Labute approximate surface area is 684 Å². The Kier molecular flexibility index (Phi) is 33.6. The van der Waals surface area contributed by atoms with E-state index in [-0.39, 0.29) is 68.7 Å². The fraction of sp³-hybridized carbons (Fsp3) is 0.402. The molecular weight excluding hydrogens is 1600 g/mol. The van der Waals surface area contributed by atoms with Gasteiger partial charge in [0.25, 0.3) is 31.7 Å². The lowest BCUT2D eigenvalue weighted by Crippen LogP contribution is -2.43. The van der Waals surface area contributed by atoms with Gasteiger partial charge in [-0.1, -0.05) is 124 Å². The lowest BCUT2D eigenvalue weighted by Gasteiger charge is -2.26. The first-order chi connectivity index (χ1) is 53.2. The van der Waals surface area contributed by atoms with Crippen LogP contribution in [0.25, 0.3) is 0 Å². The molecule has 0 bridgehead atoms. The van der Waals surface area contributed by atoms with Gasteiger partial charge in [0.1, 0.15) is 27.9 Å². The highest BCUT2D eigenvalue weighted by atomic mass is 127. The van der Waals surface area contributed by atoms with Gasteiger partial charge >= 0.3 is 10.1 Å². The van der Waals surface area contributed by atoms with Gasteiger partial charge in [0.15, 0.2) is 12.5 Å². The zero-order chi connectivity index (χ0) is 83.4. The van der Waals surface area contributed by atoms with Crippen LogP contribution in [0.2, 0.25) is 0 Å². The summed E-state index contributed by atoms with van der Waals surface area (Å²) in [5.41, 5.74) is 20.7. The minimum atomic E-state index is -3.95. The van der Waals surface area contributed by atoms with Crippen molar-refractivity contribution in [3.63, 3.8) is 0 Å². The summed E-state index contributed by atoms with van der Waals surface area (Å²) in [4.78, 5) is 14.4. The van der Waals surface area contributed by atoms with Crippen molar-refractivity contribution in [2.24, 2.45) is 0 Å². The maximum atomic E-state index is 12.9. The second-order valence-electron chi connectivity index (χ2n) is 29.8. The number of H-pyrrole nitrogens is 2. The number of benzene rings is 7. The van der Waals surface area contributed by atoms with Crippen molar-refractivity contribution in [2.75, 3.05) is 4.93 Å². The number of hydrogen-bond donors (Lipinski definition) is 4. The number of hydrogen-bond acceptors (Lipinski definition) is 19. The molecule has 26 heteroatoms. The number of aromatic nitrogens is 4. The van der Waals surface area contributed by atoms with Crippen molar-refractivity contribution in [3.8, 4) is 28.9 Å². The third-order valence-electron chi connectivity index (χ3n) is 18.0. The molecule has 0 amide bonds. The van der Waals surface area contributed by atoms with Gasteiger partial charge in [-0.2, -0.15) is 25.3 Å². The van der Waals surface area contributed by atoms with Crippen LogP contribution < -0.4 is 39.5 Å². The summed E-state index contributed by atoms with van der Waals surface area (Å²) in [6.07, 6.45) is 1.23. The molecule has 2 atom stereocenters. The summed E-state index contributed by atoms with van der Waals surface area (Å²) in [5, 5.41) is 13.7. The van der Waals surface area contributed by atoms with Gasteiger partial charge in [0.2, 0.25) is 0 Å². The Hall–Kier alpha value is -8.74. The van der Waals surface area contributed by atoms with Crippen LogP contribution in [0.3, 0.4) is 0 Å². The zero-order valence-electron chi connectivity index (χ0n) is 69.3. The minimum absolute atomic E-state index is 0.00343. The van der Waals surface area contributed by atoms with Crippen LogP contribution in [0.4, 0.5) is 0 Å². The summed E-state index contributed by atoms with van der Waals surface area (Å²) in [6, 6.07) is 51.8. The van der Waals surface area contributed by atoms with Crippen LogP contribution in [-0.2, 0) is 64.4 Å². The van der Waals surface area contributed by atoms with Crippen molar-refractivity contribution in [1.82, 2.24) is 40.8 Å². The molecule has 2 aliphatic rings. The first-order valence-electron chi connectivity index (χ1n) is 38.0. The van der Waals surface area contributed by atoms with Crippen LogP contribution in [0.1, 0.15) is 178 Å². The molecular formula is C87H115IN8O14S3. The smallest absolute Gasteiger partial charge is 0.340 e. The molecule has 2 aliphatic heterocycles.